The number of nitrogens with zero attached hydrogens (tertiary/aromatic N) is 3. The molecule has 5 rings (SSSR count). The SMILES string of the molecule is O=C(O)CCNC(=O)c1ccc(Cn2nc(C3=CC(Cl)CC(Cl)=C3)cc2-c2nc3ccccc3s2)cc1. The number of aliphatic carboxylic acids is 1. The Balaban J connectivity index is 1.44. The van der Waals surface area contributed by atoms with Crippen molar-refractivity contribution >= 4 is 62.2 Å². The van der Waals surface area contributed by atoms with E-state index in [1.165, 1.54) is 0 Å². The van der Waals surface area contributed by atoms with Gasteiger partial charge in [0.25, 0.3) is 5.91 Å². The molecule has 0 saturated carbocycles. The van der Waals surface area contributed by atoms with Crippen molar-refractivity contribution in [3.05, 3.63) is 88.6 Å². The molecule has 1 aliphatic carbocycles. The summed E-state index contributed by atoms with van der Waals surface area (Å²) in [5, 5.41) is 17.6. The number of carbonyl (C=O) groups is 2. The Bertz CT molecular complexity index is 1510. The van der Waals surface area contributed by atoms with Gasteiger partial charge in [0, 0.05) is 29.1 Å². The highest BCUT2D eigenvalue weighted by atomic mass is 35.5. The number of hydrogen-bond acceptors (Lipinski definition) is 5. The predicted octanol–water partition coefficient (Wildman–Crippen LogP) is 5.93. The van der Waals surface area contributed by atoms with Crippen molar-refractivity contribution in [1.82, 2.24) is 20.1 Å². The van der Waals surface area contributed by atoms with Gasteiger partial charge in [0.2, 0.25) is 0 Å². The fourth-order valence-corrected chi connectivity index (χ4v) is 5.68. The number of para-hydroxylation sites is 1. The molecule has 0 radical (unpaired) electrons. The minimum absolute atomic E-state index is 0.0784. The Morgan fingerprint density at radius 3 is 2.68 bits per heavy atom. The van der Waals surface area contributed by atoms with Gasteiger partial charge in [-0.15, -0.1) is 22.9 Å². The number of fused-ring (bicyclic) bond motifs is 1. The molecule has 10 heteroatoms. The number of allylic oxidation sites excluding steroid dienone is 4. The first-order valence-corrected chi connectivity index (χ1v) is 13.2. The number of nitrogens with one attached hydrogen (secondary N) is 1. The van der Waals surface area contributed by atoms with Crippen molar-refractivity contribution in [3.8, 4) is 10.7 Å². The van der Waals surface area contributed by atoms with E-state index < -0.39 is 5.97 Å². The third-order valence-corrected chi connectivity index (χ3v) is 7.43. The average Bonchev–Trinajstić information content (AvgIpc) is 3.48. The molecule has 4 aromatic rings. The maximum atomic E-state index is 12.3. The summed E-state index contributed by atoms with van der Waals surface area (Å²) in [7, 11) is 0. The van der Waals surface area contributed by atoms with Crippen LogP contribution in [0.3, 0.4) is 0 Å². The first-order valence-electron chi connectivity index (χ1n) is 11.6. The summed E-state index contributed by atoms with van der Waals surface area (Å²) in [5.41, 5.74) is 4.82. The number of halogens is 2. The summed E-state index contributed by atoms with van der Waals surface area (Å²) in [6, 6.07) is 17.2. The van der Waals surface area contributed by atoms with Gasteiger partial charge in [0.05, 0.1) is 39.9 Å². The van der Waals surface area contributed by atoms with Gasteiger partial charge in [0.15, 0.2) is 0 Å². The van der Waals surface area contributed by atoms with Crippen LogP contribution in [0.25, 0.3) is 26.5 Å². The van der Waals surface area contributed by atoms with Gasteiger partial charge in [-0.05, 0) is 42.0 Å². The standard InChI is InChI=1S/C27H22Cl2N4O3S/c28-19-11-18(12-20(29)13-19)22-14-23(27-31-21-3-1-2-4-24(21)37-27)33(32-22)15-16-5-7-17(8-6-16)26(36)30-10-9-25(34)35/h1-8,11-12,14,19H,9-10,13,15H2,(H,30,36)(H,34,35). The second kappa shape index (κ2) is 10.9. The number of thiazole rings is 1. The number of carboxylic acid groups (broad SMARTS) is 1. The van der Waals surface area contributed by atoms with Crippen LogP contribution in [-0.2, 0) is 11.3 Å². The zero-order valence-corrected chi connectivity index (χ0v) is 21.9. The van der Waals surface area contributed by atoms with Gasteiger partial charge in [0.1, 0.15) is 5.01 Å². The highest BCUT2D eigenvalue weighted by Gasteiger charge is 2.20. The van der Waals surface area contributed by atoms with Crippen LogP contribution in [0.4, 0.5) is 0 Å². The molecule has 1 atom stereocenters. The van der Waals surface area contributed by atoms with E-state index in [1.807, 2.05) is 59.3 Å². The second-order valence-corrected chi connectivity index (χ2v) is 10.7. The van der Waals surface area contributed by atoms with Crippen molar-refractivity contribution in [2.24, 2.45) is 0 Å². The van der Waals surface area contributed by atoms with Crippen LogP contribution >= 0.6 is 34.5 Å². The first-order chi connectivity index (χ1) is 17.9. The number of amides is 1. The average molecular weight is 553 g/mol. The molecule has 37 heavy (non-hydrogen) atoms. The van der Waals surface area contributed by atoms with Gasteiger partial charge in [-0.3, -0.25) is 14.3 Å². The third-order valence-electron chi connectivity index (χ3n) is 5.82. The Hall–Kier alpha value is -3.46. The van der Waals surface area contributed by atoms with E-state index in [0.29, 0.717) is 23.6 Å². The van der Waals surface area contributed by atoms with Crippen molar-refractivity contribution < 1.29 is 14.7 Å². The smallest absolute Gasteiger partial charge is 0.305 e. The molecule has 1 amide bonds. The van der Waals surface area contributed by atoms with Crippen molar-refractivity contribution in [2.75, 3.05) is 6.54 Å². The van der Waals surface area contributed by atoms with Crippen LogP contribution in [0.15, 0.2) is 71.8 Å². The van der Waals surface area contributed by atoms with E-state index in [9.17, 15) is 9.59 Å². The monoisotopic (exact) mass is 552 g/mol. The van der Waals surface area contributed by atoms with E-state index in [4.69, 9.17) is 38.4 Å². The van der Waals surface area contributed by atoms with Crippen molar-refractivity contribution in [1.29, 1.82) is 0 Å². The lowest BCUT2D eigenvalue weighted by atomic mass is 10.0. The number of aromatic nitrogens is 3. The predicted molar refractivity (Wildman–Crippen MR) is 147 cm³/mol. The second-order valence-electron chi connectivity index (χ2n) is 8.59. The molecule has 188 valence electrons. The van der Waals surface area contributed by atoms with Gasteiger partial charge in [-0.25, -0.2) is 4.98 Å². The summed E-state index contributed by atoms with van der Waals surface area (Å²) in [5.74, 6) is -1.27. The van der Waals surface area contributed by atoms with Crippen LogP contribution < -0.4 is 5.32 Å². The molecule has 7 nitrogen and oxygen atoms in total. The van der Waals surface area contributed by atoms with E-state index in [2.05, 4.69) is 5.32 Å². The van der Waals surface area contributed by atoms with Crippen LogP contribution in [-0.4, -0.2) is 43.7 Å². The third kappa shape index (κ3) is 5.93. The van der Waals surface area contributed by atoms with Gasteiger partial charge in [-0.2, -0.15) is 5.10 Å². The Labute approximate surface area is 227 Å². The van der Waals surface area contributed by atoms with E-state index in [1.54, 1.807) is 23.5 Å². The minimum Gasteiger partial charge on any atom is -0.481 e. The number of carbonyl (C=O) groups excluding carboxylic acids is 1. The molecule has 2 heterocycles. The molecule has 2 aromatic carbocycles. The van der Waals surface area contributed by atoms with Gasteiger partial charge >= 0.3 is 5.97 Å². The van der Waals surface area contributed by atoms with Crippen LogP contribution in [0, 0.1) is 0 Å². The van der Waals surface area contributed by atoms with E-state index in [0.717, 1.165) is 37.7 Å². The minimum atomic E-state index is -0.957. The highest BCUT2D eigenvalue weighted by Crippen LogP contribution is 2.34. The van der Waals surface area contributed by atoms with Crippen molar-refractivity contribution in [2.45, 2.75) is 24.8 Å². The van der Waals surface area contributed by atoms with Crippen molar-refractivity contribution in [3.63, 3.8) is 0 Å². The Morgan fingerprint density at radius 2 is 1.95 bits per heavy atom. The van der Waals surface area contributed by atoms with Crippen LogP contribution in [0.1, 0.15) is 34.5 Å². The number of benzene rings is 2. The summed E-state index contributed by atoms with van der Waals surface area (Å²) in [6.07, 6.45) is 4.32. The lowest BCUT2D eigenvalue weighted by Gasteiger charge is -2.12. The molecular formula is C27H22Cl2N4O3S. The van der Waals surface area contributed by atoms with Gasteiger partial charge < -0.3 is 10.4 Å². The Morgan fingerprint density at radius 1 is 1.16 bits per heavy atom. The summed E-state index contributed by atoms with van der Waals surface area (Å²) in [6.45, 7) is 0.538. The zero-order chi connectivity index (χ0) is 25.9. The number of carboxylic acids is 1. The molecule has 0 bridgehead atoms. The maximum Gasteiger partial charge on any atom is 0.305 e. The quantitative estimate of drug-likeness (QED) is 0.264. The number of alkyl halides is 1. The fraction of sp³-hybridized carbons (Fsp3) is 0.185. The number of rotatable bonds is 8. The molecule has 2 N–H and O–H groups in total. The Kier molecular flexibility index (Phi) is 7.41. The topological polar surface area (TPSA) is 97.1 Å². The molecule has 1 aliphatic rings. The maximum absolute atomic E-state index is 12.3. The zero-order valence-electron chi connectivity index (χ0n) is 19.5. The van der Waals surface area contributed by atoms with Crippen LogP contribution in [0.5, 0.6) is 0 Å². The molecule has 0 spiro atoms. The van der Waals surface area contributed by atoms with Crippen LogP contribution in [0.2, 0.25) is 0 Å². The molecule has 0 fully saturated rings. The summed E-state index contributed by atoms with van der Waals surface area (Å²) >= 11 is 14.3. The van der Waals surface area contributed by atoms with Gasteiger partial charge in [-0.1, -0.05) is 41.9 Å². The lowest BCUT2D eigenvalue weighted by molar-refractivity contribution is -0.136. The normalized spacial score (nSPS) is 15.4. The first kappa shape index (κ1) is 25.2. The van der Waals surface area contributed by atoms with E-state index >= 15 is 0 Å². The van der Waals surface area contributed by atoms with E-state index in [-0.39, 0.29) is 24.2 Å². The molecular weight excluding hydrogens is 531 g/mol. The summed E-state index contributed by atoms with van der Waals surface area (Å²) < 4.78 is 2.99. The lowest BCUT2D eigenvalue weighted by Crippen LogP contribution is -2.25. The molecule has 1 unspecified atom stereocenters. The molecule has 2 aromatic heterocycles. The molecule has 0 saturated heterocycles. The number of hydrogen-bond donors (Lipinski definition) is 2. The molecule has 0 aliphatic heterocycles. The summed E-state index contributed by atoms with van der Waals surface area (Å²) in [4.78, 5) is 27.8. The largest absolute Gasteiger partial charge is 0.481 e. The fourth-order valence-electron chi connectivity index (χ4n) is 4.03. The highest BCUT2D eigenvalue weighted by molar-refractivity contribution is 7.21.